The zero-order chi connectivity index (χ0) is 22.8. The molecule has 0 amide bonds. The Balaban J connectivity index is 3.54. The summed E-state index contributed by atoms with van der Waals surface area (Å²) in [4.78, 5) is 0. The fraction of sp³-hybridized carbons (Fsp3) is 0.933. The zero-order valence-electron chi connectivity index (χ0n) is 22.2. The zero-order valence-corrected chi connectivity index (χ0v) is 22.2. The van der Waals surface area contributed by atoms with Gasteiger partial charge in [0.2, 0.25) is 0 Å². The lowest BCUT2D eigenvalue weighted by Gasteiger charge is -2.19. The van der Waals surface area contributed by atoms with Crippen molar-refractivity contribution in [1.82, 2.24) is 0 Å². The molecule has 0 aliphatic rings. The maximum absolute atomic E-state index is 6.13. The fourth-order valence-corrected chi connectivity index (χ4v) is 4.80. The minimum absolute atomic E-state index is 0.373. The average Bonchev–Trinajstić information content (AvgIpc) is 2.75. The van der Waals surface area contributed by atoms with Gasteiger partial charge in [-0.1, -0.05) is 142 Å². The highest BCUT2D eigenvalue weighted by molar-refractivity contribution is 4.81. The summed E-state index contributed by atoms with van der Waals surface area (Å²) in [5, 5.41) is 0. The van der Waals surface area contributed by atoms with Crippen molar-refractivity contribution in [1.29, 1.82) is 0 Å². The van der Waals surface area contributed by atoms with Gasteiger partial charge in [0, 0.05) is 6.04 Å². The predicted octanol–water partition coefficient (Wildman–Crippen LogP) is 10.5. The van der Waals surface area contributed by atoms with Crippen LogP contribution < -0.4 is 5.73 Å². The van der Waals surface area contributed by atoms with Crippen molar-refractivity contribution in [3.63, 3.8) is 0 Å². The summed E-state index contributed by atoms with van der Waals surface area (Å²) in [7, 11) is 0. The van der Waals surface area contributed by atoms with Crippen molar-refractivity contribution in [2.75, 3.05) is 0 Å². The molecule has 31 heavy (non-hydrogen) atoms. The van der Waals surface area contributed by atoms with E-state index in [1.807, 2.05) is 0 Å². The van der Waals surface area contributed by atoms with Crippen LogP contribution in [0.3, 0.4) is 0 Å². The first kappa shape index (κ1) is 30.7. The molecule has 0 bridgehead atoms. The Labute approximate surface area is 198 Å². The molecule has 0 radical (unpaired) electrons. The van der Waals surface area contributed by atoms with E-state index >= 15 is 0 Å². The van der Waals surface area contributed by atoms with Gasteiger partial charge >= 0.3 is 0 Å². The second kappa shape index (κ2) is 26.0. The van der Waals surface area contributed by atoms with Gasteiger partial charge in [0.1, 0.15) is 0 Å². The van der Waals surface area contributed by atoms with Crippen LogP contribution in [-0.2, 0) is 0 Å². The Hall–Kier alpha value is -0.300. The van der Waals surface area contributed by atoms with Gasteiger partial charge in [-0.05, 0) is 44.9 Å². The first-order valence-corrected chi connectivity index (χ1v) is 14.6. The van der Waals surface area contributed by atoms with Gasteiger partial charge in [0.25, 0.3) is 0 Å². The molecule has 2 unspecified atom stereocenters. The number of rotatable bonds is 25. The molecule has 186 valence electrons. The normalized spacial score (nSPS) is 13.8. The minimum Gasteiger partial charge on any atom is -0.328 e. The Morgan fingerprint density at radius 1 is 0.516 bits per heavy atom. The highest BCUT2D eigenvalue weighted by Gasteiger charge is 2.10. The first-order valence-electron chi connectivity index (χ1n) is 14.6. The minimum atomic E-state index is 0.373. The van der Waals surface area contributed by atoms with E-state index in [2.05, 4.69) is 32.9 Å². The lowest BCUT2D eigenvalue weighted by molar-refractivity contribution is 0.360. The van der Waals surface area contributed by atoms with Crippen LogP contribution in [0.2, 0.25) is 0 Å². The van der Waals surface area contributed by atoms with Crippen LogP contribution in [0.25, 0.3) is 0 Å². The van der Waals surface area contributed by atoms with Gasteiger partial charge in [-0.25, -0.2) is 0 Å². The number of hydrogen-bond donors (Lipinski definition) is 1. The second-order valence-electron chi connectivity index (χ2n) is 10.4. The highest BCUT2D eigenvalue weighted by atomic mass is 14.6. The Morgan fingerprint density at radius 2 is 0.871 bits per heavy atom. The molecular weight excluding hydrogens is 374 g/mol. The quantitative estimate of drug-likeness (QED) is 0.112. The molecule has 0 fully saturated rings. The largest absolute Gasteiger partial charge is 0.328 e. The molecule has 0 aromatic carbocycles. The fourth-order valence-electron chi connectivity index (χ4n) is 4.80. The van der Waals surface area contributed by atoms with E-state index in [0.717, 1.165) is 5.92 Å². The van der Waals surface area contributed by atoms with E-state index < -0.39 is 0 Å². The Bertz CT molecular complexity index is 346. The molecule has 2 N–H and O–H groups in total. The van der Waals surface area contributed by atoms with Gasteiger partial charge in [0.05, 0.1) is 0 Å². The first-order chi connectivity index (χ1) is 15.2. The lowest BCUT2D eigenvalue weighted by atomic mass is 9.89. The van der Waals surface area contributed by atoms with Gasteiger partial charge in [-0.2, -0.15) is 0 Å². The SMILES string of the molecule is CCCCCCCCC=CCCCCCCCC(CCCCCCCCC)CC(C)N. The van der Waals surface area contributed by atoms with Gasteiger partial charge in [0.15, 0.2) is 0 Å². The molecule has 0 rings (SSSR count). The van der Waals surface area contributed by atoms with Crippen LogP contribution in [0.4, 0.5) is 0 Å². The van der Waals surface area contributed by atoms with E-state index in [1.54, 1.807) is 0 Å². The molecule has 1 heteroatoms. The lowest BCUT2D eigenvalue weighted by Crippen LogP contribution is -2.19. The summed E-state index contributed by atoms with van der Waals surface area (Å²) in [6, 6.07) is 0.373. The smallest absolute Gasteiger partial charge is 0.00131 e. The van der Waals surface area contributed by atoms with Crippen molar-refractivity contribution >= 4 is 0 Å². The van der Waals surface area contributed by atoms with E-state index in [-0.39, 0.29) is 0 Å². The Morgan fingerprint density at radius 3 is 1.26 bits per heavy atom. The summed E-state index contributed by atoms with van der Waals surface area (Å²) in [6.07, 6.45) is 37.0. The van der Waals surface area contributed by atoms with E-state index in [0.29, 0.717) is 6.04 Å². The second-order valence-corrected chi connectivity index (χ2v) is 10.4. The summed E-state index contributed by atoms with van der Waals surface area (Å²) >= 11 is 0. The van der Waals surface area contributed by atoms with Crippen molar-refractivity contribution in [3.8, 4) is 0 Å². The van der Waals surface area contributed by atoms with Crippen LogP contribution in [0.1, 0.15) is 168 Å². The molecule has 1 nitrogen and oxygen atoms in total. The van der Waals surface area contributed by atoms with E-state index in [1.165, 1.54) is 148 Å². The topological polar surface area (TPSA) is 26.0 Å². The molecule has 0 saturated carbocycles. The van der Waals surface area contributed by atoms with Crippen LogP contribution >= 0.6 is 0 Å². The molecule has 0 aromatic heterocycles. The molecule has 0 aromatic rings. The summed E-state index contributed by atoms with van der Waals surface area (Å²) in [6.45, 7) is 6.78. The molecular formula is C30H61N. The van der Waals surface area contributed by atoms with Crippen LogP contribution in [0.15, 0.2) is 12.2 Å². The summed E-state index contributed by atoms with van der Waals surface area (Å²) in [5.74, 6) is 0.876. The van der Waals surface area contributed by atoms with E-state index in [9.17, 15) is 0 Å². The molecule has 0 aliphatic heterocycles. The molecule has 0 saturated heterocycles. The number of hydrogen-bond acceptors (Lipinski definition) is 1. The van der Waals surface area contributed by atoms with Gasteiger partial charge in [-0.3, -0.25) is 0 Å². The Kier molecular flexibility index (Phi) is 25.7. The monoisotopic (exact) mass is 435 g/mol. The van der Waals surface area contributed by atoms with Crippen molar-refractivity contribution in [2.24, 2.45) is 11.7 Å². The third kappa shape index (κ3) is 25.8. The standard InChI is InChI=1S/C30H61N/c1-4-6-8-10-12-13-14-15-16-17-18-19-21-23-25-27-30(28-29(3)31)26-24-22-20-11-9-7-5-2/h15-16,29-30H,4-14,17-28,31H2,1-3H3. The predicted molar refractivity (Wildman–Crippen MR) is 144 cm³/mol. The highest BCUT2D eigenvalue weighted by Crippen LogP contribution is 2.23. The summed E-state index contributed by atoms with van der Waals surface area (Å²) < 4.78 is 0. The van der Waals surface area contributed by atoms with Crippen LogP contribution in [0, 0.1) is 5.92 Å². The van der Waals surface area contributed by atoms with Crippen molar-refractivity contribution in [2.45, 2.75) is 174 Å². The van der Waals surface area contributed by atoms with Gasteiger partial charge < -0.3 is 5.73 Å². The van der Waals surface area contributed by atoms with Crippen LogP contribution in [0.5, 0.6) is 0 Å². The molecule has 0 spiro atoms. The third-order valence-corrected chi connectivity index (χ3v) is 6.80. The molecule has 2 atom stereocenters. The number of allylic oxidation sites excluding steroid dienone is 2. The third-order valence-electron chi connectivity index (χ3n) is 6.80. The number of unbranched alkanes of at least 4 members (excludes halogenated alkanes) is 17. The van der Waals surface area contributed by atoms with Gasteiger partial charge in [-0.15, -0.1) is 0 Å². The molecule has 0 aliphatic carbocycles. The van der Waals surface area contributed by atoms with Crippen LogP contribution in [-0.4, -0.2) is 6.04 Å². The van der Waals surface area contributed by atoms with E-state index in [4.69, 9.17) is 5.73 Å². The van der Waals surface area contributed by atoms with Crippen molar-refractivity contribution < 1.29 is 0 Å². The molecule has 0 heterocycles. The summed E-state index contributed by atoms with van der Waals surface area (Å²) in [5.41, 5.74) is 6.13. The number of nitrogens with two attached hydrogens (primary N) is 1. The maximum atomic E-state index is 6.13. The maximum Gasteiger partial charge on any atom is 0.00131 e. The van der Waals surface area contributed by atoms with Crippen molar-refractivity contribution in [3.05, 3.63) is 12.2 Å². The average molecular weight is 436 g/mol.